The van der Waals surface area contributed by atoms with E-state index in [-0.39, 0.29) is 64.9 Å². The number of fused-ring (bicyclic) bond motifs is 1. The van der Waals surface area contributed by atoms with E-state index < -0.39 is 61.9 Å². The summed E-state index contributed by atoms with van der Waals surface area (Å²) in [6, 6.07) is 0. The van der Waals surface area contributed by atoms with Crippen LogP contribution in [0.2, 0.25) is 0 Å². The fourth-order valence-corrected chi connectivity index (χ4v) is 3.69. The molecule has 1 aliphatic rings. The van der Waals surface area contributed by atoms with Crippen LogP contribution in [0.25, 0.3) is 11.2 Å². The Labute approximate surface area is 250 Å². The van der Waals surface area contributed by atoms with E-state index in [9.17, 15) is 23.9 Å². The molecule has 0 aliphatic carbocycles. The number of aliphatic hydroxyl groups is 3. The molecule has 2 aromatic rings. The number of imidazole rings is 1. The van der Waals surface area contributed by atoms with Crippen LogP contribution >= 0.6 is 23.5 Å². The quantitative estimate of drug-likeness (QED) is 0.0979. The molecule has 0 bridgehead atoms. The summed E-state index contributed by atoms with van der Waals surface area (Å²) in [4.78, 5) is 61.1. The minimum absolute atomic E-state index is 0. The Morgan fingerprint density at radius 1 is 0.919 bits per heavy atom. The van der Waals surface area contributed by atoms with Gasteiger partial charge in [0.25, 0.3) is 0 Å². The molecule has 21 nitrogen and oxygen atoms in total. The van der Waals surface area contributed by atoms with Crippen LogP contribution in [0, 0.1) is 0 Å². The molecule has 202 valence electrons. The number of hydrogen-bond donors (Lipinski definition) is 10. The first-order valence-electron chi connectivity index (χ1n) is 8.69. The van der Waals surface area contributed by atoms with Crippen LogP contribution in [0.5, 0.6) is 0 Å². The van der Waals surface area contributed by atoms with Crippen molar-refractivity contribution >= 4 is 107 Å². The van der Waals surface area contributed by atoms with Crippen molar-refractivity contribution in [3.05, 3.63) is 12.7 Å². The zero-order valence-corrected chi connectivity index (χ0v) is 19.5. The first-order chi connectivity index (χ1) is 15.9. The van der Waals surface area contributed by atoms with Gasteiger partial charge in [-0.3, -0.25) is 17.9 Å². The van der Waals surface area contributed by atoms with Crippen LogP contribution in [0.1, 0.15) is 6.23 Å². The third-order valence-corrected chi connectivity index (χ3v) is 5.19. The third-order valence-electron chi connectivity index (χ3n) is 3.85. The van der Waals surface area contributed by atoms with Crippen LogP contribution in [0.4, 0.5) is 5.82 Å². The van der Waals surface area contributed by atoms with Gasteiger partial charge in [-0.2, -0.15) is 0 Å². The number of phosphoric acid groups is 3. The number of aromatic nitrogens is 4. The third kappa shape index (κ3) is 11.9. The summed E-state index contributed by atoms with van der Waals surface area (Å²) in [5, 5.41) is 28.7. The molecular weight excluding hydrogens is 596 g/mol. The molecule has 3 rings (SSSR count). The zero-order valence-electron chi connectivity index (χ0n) is 16.8. The summed E-state index contributed by atoms with van der Waals surface area (Å²) in [6.45, 7) is -0.390. The number of aliphatic hydroxyl groups excluding tert-OH is 3. The van der Waals surface area contributed by atoms with Crippen molar-refractivity contribution in [2.45, 2.75) is 24.5 Å². The summed E-state index contributed by atoms with van der Waals surface area (Å²) >= 11 is 0. The van der Waals surface area contributed by atoms with Gasteiger partial charge in [-0.15, -0.1) is 0 Å². The van der Waals surface area contributed by atoms with Crippen LogP contribution in [0.3, 0.4) is 0 Å². The number of nitrogen functional groups attached to an aromatic ring is 1. The van der Waals surface area contributed by atoms with Gasteiger partial charge in [-0.05, 0) is 0 Å². The molecule has 0 amide bonds. The van der Waals surface area contributed by atoms with Crippen LogP contribution in [0.15, 0.2) is 12.7 Å². The SMILES string of the molecule is Nc1ncnc2c1ncn2[C@@H]1O[C@H](CO)[C@@H](O)[C@H]1O.O=P(O)(O)OB(OP(=O)(O)O)OP(=O)(O)O.[NaH].[NaH]. The number of nitrogens with two attached hydrogens (primary N) is 1. The van der Waals surface area contributed by atoms with Crippen molar-refractivity contribution in [1.82, 2.24) is 19.5 Å². The van der Waals surface area contributed by atoms with Crippen molar-refractivity contribution in [1.29, 1.82) is 0 Å². The topological polar surface area (TPSA) is 340 Å². The summed E-state index contributed by atoms with van der Waals surface area (Å²) in [6.07, 6.45) is -1.42. The molecule has 0 saturated carbocycles. The molecule has 2 aromatic heterocycles. The molecule has 0 aromatic carbocycles. The first-order valence-corrected chi connectivity index (χ1v) is 13.3. The maximum absolute atomic E-state index is 10.2. The van der Waals surface area contributed by atoms with Crippen molar-refractivity contribution < 1.29 is 76.4 Å². The Morgan fingerprint density at radius 2 is 1.41 bits per heavy atom. The maximum atomic E-state index is 10.2. The van der Waals surface area contributed by atoms with Crippen LogP contribution in [-0.2, 0) is 31.8 Å². The van der Waals surface area contributed by atoms with E-state index in [1.54, 1.807) is 0 Å². The predicted molar refractivity (Wildman–Crippen MR) is 122 cm³/mol. The van der Waals surface area contributed by atoms with E-state index in [0.29, 0.717) is 11.2 Å². The van der Waals surface area contributed by atoms with Gasteiger partial charge in [0.15, 0.2) is 17.7 Å². The standard InChI is InChI=1S/C10H13N5O4.BH6O12P3.2Na.2H/c11-8-5-9(13-2-12-8)15(3-14-5)10-7(18)6(17)4(1-16)19-10;2-14(3,4)11-1(12-15(5,6)7)13-16(8,9)10;;;;/h2-4,6-7,10,16-18H,1H2,(H2,11,12,13);(H2,2,3,4)(H2,5,6,7)(H2,8,9,10);;;;/t4-,6-,7-,10-;;;;;/m1...../s1. The Hall–Kier alpha value is 0.585. The molecule has 1 saturated heterocycles. The second-order valence-electron chi connectivity index (χ2n) is 6.39. The summed E-state index contributed by atoms with van der Waals surface area (Å²) in [5.41, 5.74) is 6.44. The Bertz CT molecular complexity index is 1100. The van der Waals surface area contributed by atoms with E-state index in [0.717, 1.165) is 0 Å². The fraction of sp³-hybridized carbons (Fsp3) is 0.500. The molecule has 27 heteroatoms. The molecule has 1 aliphatic heterocycles. The van der Waals surface area contributed by atoms with Gasteiger partial charge < -0.3 is 55.2 Å². The Morgan fingerprint density at radius 3 is 1.81 bits per heavy atom. The van der Waals surface area contributed by atoms with Gasteiger partial charge in [0, 0.05) is 0 Å². The number of nitrogens with zero attached hydrogens (tertiary/aromatic N) is 4. The van der Waals surface area contributed by atoms with Gasteiger partial charge >= 0.3 is 89.9 Å². The van der Waals surface area contributed by atoms with E-state index >= 15 is 0 Å². The van der Waals surface area contributed by atoms with Gasteiger partial charge in [-0.25, -0.2) is 28.6 Å². The minimum atomic E-state index is -5.33. The van der Waals surface area contributed by atoms with Crippen molar-refractivity contribution in [3.8, 4) is 0 Å². The van der Waals surface area contributed by atoms with E-state index in [1.165, 1.54) is 17.2 Å². The average molecular weight is 617 g/mol. The summed E-state index contributed by atoms with van der Waals surface area (Å²) in [5.74, 6) is 0.218. The summed E-state index contributed by atoms with van der Waals surface area (Å²) < 4.78 is 47.8. The molecule has 0 radical (unpaired) electrons. The van der Waals surface area contributed by atoms with Gasteiger partial charge in [-0.1, -0.05) is 0 Å². The van der Waals surface area contributed by atoms with Gasteiger partial charge in [0.1, 0.15) is 30.2 Å². The van der Waals surface area contributed by atoms with E-state index in [1.807, 2.05) is 0 Å². The molecule has 37 heavy (non-hydrogen) atoms. The number of hydrogen-bond acceptors (Lipinski definition) is 14. The number of ether oxygens (including phenoxy) is 1. The second-order valence-corrected chi connectivity index (χ2v) is 9.96. The van der Waals surface area contributed by atoms with Crippen molar-refractivity contribution in [3.63, 3.8) is 0 Å². The molecule has 11 N–H and O–H groups in total. The molecule has 4 atom stereocenters. The average Bonchev–Trinajstić information content (AvgIpc) is 3.20. The normalized spacial score (nSPS) is 22.0. The molecule has 0 unspecified atom stereocenters. The van der Waals surface area contributed by atoms with Gasteiger partial charge in [0.05, 0.1) is 12.9 Å². The van der Waals surface area contributed by atoms with Crippen molar-refractivity contribution in [2.24, 2.45) is 0 Å². The van der Waals surface area contributed by atoms with Crippen LogP contribution in [-0.4, -0.2) is 156 Å². The Kier molecular flexibility index (Phi) is 15.2. The zero-order chi connectivity index (χ0) is 26.8. The number of rotatable bonds is 8. The predicted octanol–water partition coefficient (Wildman–Crippen LogP) is -4.98. The summed E-state index contributed by atoms with van der Waals surface area (Å²) in [7, 11) is -18.9. The van der Waals surface area contributed by atoms with Crippen molar-refractivity contribution in [2.75, 3.05) is 12.3 Å². The molecule has 0 spiro atoms. The van der Waals surface area contributed by atoms with E-state index in [4.69, 9.17) is 44.9 Å². The van der Waals surface area contributed by atoms with Crippen LogP contribution < -0.4 is 5.73 Å². The molecular formula is C10H21BN5Na2O16P3. The second kappa shape index (κ2) is 15.0. The molecule has 1 fully saturated rings. The fourth-order valence-electron chi connectivity index (χ4n) is 2.56. The first kappa shape index (κ1) is 37.6. The van der Waals surface area contributed by atoms with E-state index in [2.05, 4.69) is 28.3 Å². The van der Waals surface area contributed by atoms with Gasteiger partial charge in [0.2, 0.25) is 0 Å². The Balaban J connectivity index is 0.000000677. The monoisotopic (exact) mass is 617 g/mol. The molecule has 3 heterocycles. The number of anilines is 1.